The summed E-state index contributed by atoms with van der Waals surface area (Å²) >= 11 is 0. The topological polar surface area (TPSA) is 12.0 Å². The highest BCUT2D eigenvalue weighted by Crippen LogP contribution is 2.32. The molecular formula is C13H17F4N. The summed E-state index contributed by atoms with van der Waals surface area (Å²) in [5.41, 5.74) is -0.901. The zero-order chi connectivity index (χ0) is 14.0. The van der Waals surface area contributed by atoms with Crippen LogP contribution >= 0.6 is 0 Å². The molecule has 0 saturated heterocycles. The minimum absolute atomic E-state index is 0.0467. The van der Waals surface area contributed by atoms with Crippen molar-refractivity contribution in [3.8, 4) is 0 Å². The highest BCUT2D eigenvalue weighted by Gasteiger charge is 2.31. The largest absolute Gasteiger partial charge is 0.416 e. The standard InChI is InChI=1S/C13H17F4N/c1-12(2,3)6-7-18-11-8-9(13(15,16)17)4-5-10(11)14/h4-5,8,18H,6-7H2,1-3H3. The van der Waals surface area contributed by atoms with E-state index in [9.17, 15) is 17.6 Å². The Kier molecular flexibility index (Phi) is 4.24. The number of anilines is 1. The summed E-state index contributed by atoms with van der Waals surface area (Å²) in [5.74, 6) is -0.670. The molecule has 0 heterocycles. The Morgan fingerprint density at radius 2 is 1.72 bits per heavy atom. The quantitative estimate of drug-likeness (QED) is 0.780. The maximum Gasteiger partial charge on any atom is 0.416 e. The van der Waals surface area contributed by atoms with Crippen molar-refractivity contribution in [2.75, 3.05) is 11.9 Å². The number of benzene rings is 1. The van der Waals surface area contributed by atoms with E-state index < -0.39 is 17.6 Å². The molecule has 1 aromatic carbocycles. The monoisotopic (exact) mass is 263 g/mol. The molecule has 1 N–H and O–H groups in total. The third kappa shape index (κ3) is 4.55. The molecule has 102 valence electrons. The minimum Gasteiger partial charge on any atom is -0.383 e. The predicted octanol–water partition coefficient (Wildman–Crippen LogP) is 4.69. The molecule has 0 radical (unpaired) electrons. The highest BCUT2D eigenvalue weighted by atomic mass is 19.4. The van der Waals surface area contributed by atoms with Crippen molar-refractivity contribution in [1.29, 1.82) is 0 Å². The van der Waals surface area contributed by atoms with Gasteiger partial charge in [0.25, 0.3) is 0 Å². The maximum absolute atomic E-state index is 13.3. The van der Waals surface area contributed by atoms with Gasteiger partial charge in [-0.2, -0.15) is 13.2 Å². The van der Waals surface area contributed by atoms with Crippen LogP contribution in [0.15, 0.2) is 18.2 Å². The second-order valence-corrected chi connectivity index (χ2v) is 5.43. The Hall–Kier alpha value is -1.26. The fourth-order valence-electron chi connectivity index (χ4n) is 1.41. The Bertz CT molecular complexity index is 404. The van der Waals surface area contributed by atoms with E-state index in [-0.39, 0.29) is 11.1 Å². The molecular weight excluding hydrogens is 246 g/mol. The van der Waals surface area contributed by atoms with E-state index in [4.69, 9.17) is 0 Å². The van der Waals surface area contributed by atoms with Gasteiger partial charge in [0.15, 0.2) is 0 Å². The first-order valence-corrected chi connectivity index (χ1v) is 5.70. The average molecular weight is 263 g/mol. The van der Waals surface area contributed by atoms with Crippen LogP contribution in [0.5, 0.6) is 0 Å². The van der Waals surface area contributed by atoms with Crippen molar-refractivity contribution in [3.63, 3.8) is 0 Å². The van der Waals surface area contributed by atoms with Crippen LogP contribution in [0.3, 0.4) is 0 Å². The molecule has 0 aliphatic carbocycles. The van der Waals surface area contributed by atoms with Crippen molar-refractivity contribution in [3.05, 3.63) is 29.6 Å². The molecule has 1 nitrogen and oxygen atoms in total. The van der Waals surface area contributed by atoms with E-state index in [1.165, 1.54) is 0 Å². The normalized spacial score (nSPS) is 12.6. The van der Waals surface area contributed by atoms with E-state index >= 15 is 0 Å². The second-order valence-electron chi connectivity index (χ2n) is 5.43. The minimum atomic E-state index is -4.45. The van der Waals surface area contributed by atoms with Gasteiger partial charge in [0.1, 0.15) is 5.82 Å². The van der Waals surface area contributed by atoms with Crippen LogP contribution in [0, 0.1) is 11.2 Å². The predicted molar refractivity (Wildman–Crippen MR) is 64.0 cm³/mol. The van der Waals surface area contributed by atoms with E-state index in [1.807, 2.05) is 20.8 Å². The summed E-state index contributed by atoms with van der Waals surface area (Å²) in [5, 5.41) is 2.71. The first kappa shape index (κ1) is 14.8. The van der Waals surface area contributed by atoms with Gasteiger partial charge in [-0.15, -0.1) is 0 Å². The van der Waals surface area contributed by atoms with Gasteiger partial charge in [0.05, 0.1) is 11.3 Å². The molecule has 0 fully saturated rings. The van der Waals surface area contributed by atoms with Crippen molar-refractivity contribution in [2.24, 2.45) is 5.41 Å². The van der Waals surface area contributed by atoms with Crippen LogP contribution in [-0.4, -0.2) is 6.54 Å². The molecule has 1 aromatic rings. The SMILES string of the molecule is CC(C)(C)CCNc1cc(C(F)(F)F)ccc1F. The lowest BCUT2D eigenvalue weighted by Crippen LogP contribution is -2.14. The number of alkyl halides is 3. The van der Waals surface area contributed by atoms with E-state index in [2.05, 4.69) is 5.32 Å². The molecule has 0 amide bonds. The molecule has 0 atom stereocenters. The van der Waals surface area contributed by atoms with Crippen LogP contribution in [-0.2, 0) is 6.18 Å². The van der Waals surface area contributed by atoms with Gasteiger partial charge < -0.3 is 5.32 Å². The Balaban J connectivity index is 2.76. The number of halogens is 4. The van der Waals surface area contributed by atoms with Crippen LogP contribution in [0.2, 0.25) is 0 Å². The first-order valence-electron chi connectivity index (χ1n) is 5.70. The summed E-state index contributed by atoms with van der Waals surface area (Å²) in [4.78, 5) is 0. The van der Waals surface area contributed by atoms with E-state index in [0.717, 1.165) is 24.6 Å². The van der Waals surface area contributed by atoms with Gasteiger partial charge in [-0.05, 0) is 30.0 Å². The molecule has 0 saturated carbocycles. The van der Waals surface area contributed by atoms with Crippen molar-refractivity contribution >= 4 is 5.69 Å². The number of hydrogen-bond acceptors (Lipinski definition) is 1. The summed E-state index contributed by atoms with van der Waals surface area (Å²) < 4.78 is 50.7. The number of rotatable bonds is 3. The summed E-state index contributed by atoms with van der Waals surface area (Å²) in [6.07, 6.45) is -3.71. The third-order valence-electron chi connectivity index (χ3n) is 2.48. The second kappa shape index (κ2) is 5.16. The van der Waals surface area contributed by atoms with E-state index in [0.29, 0.717) is 6.54 Å². The van der Waals surface area contributed by atoms with Crippen LogP contribution in [0.4, 0.5) is 23.2 Å². The average Bonchev–Trinajstić information content (AvgIpc) is 2.17. The van der Waals surface area contributed by atoms with Crippen LogP contribution in [0.25, 0.3) is 0 Å². The van der Waals surface area contributed by atoms with Crippen molar-refractivity contribution in [2.45, 2.75) is 33.4 Å². The molecule has 0 bridgehead atoms. The van der Waals surface area contributed by atoms with E-state index in [1.54, 1.807) is 0 Å². The lowest BCUT2D eigenvalue weighted by molar-refractivity contribution is -0.137. The fraction of sp³-hybridized carbons (Fsp3) is 0.538. The van der Waals surface area contributed by atoms with Gasteiger partial charge in [0, 0.05) is 6.54 Å². The van der Waals surface area contributed by atoms with Crippen LogP contribution < -0.4 is 5.32 Å². The van der Waals surface area contributed by atoms with Gasteiger partial charge in [-0.3, -0.25) is 0 Å². The molecule has 0 aliphatic rings. The molecule has 1 rings (SSSR count). The summed E-state index contributed by atoms with van der Waals surface area (Å²) in [7, 11) is 0. The lowest BCUT2D eigenvalue weighted by Gasteiger charge is -2.19. The van der Waals surface area contributed by atoms with Gasteiger partial charge in [-0.25, -0.2) is 4.39 Å². The molecule has 0 unspecified atom stereocenters. The Labute approximate surface area is 104 Å². The smallest absolute Gasteiger partial charge is 0.383 e. The van der Waals surface area contributed by atoms with Crippen molar-refractivity contribution in [1.82, 2.24) is 0 Å². The maximum atomic E-state index is 13.3. The van der Waals surface area contributed by atoms with Crippen molar-refractivity contribution < 1.29 is 17.6 Å². The molecule has 0 aliphatic heterocycles. The van der Waals surface area contributed by atoms with Gasteiger partial charge in [-0.1, -0.05) is 20.8 Å². The summed E-state index contributed by atoms with van der Waals surface area (Å²) in [6, 6.07) is 2.38. The molecule has 18 heavy (non-hydrogen) atoms. The number of nitrogens with one attached hydrogen (secondary N) is 1. The molecule has 0 spiro atoms. The van der Waals surface area contributed by atoms with Gasteiger partial charge >= 0.3 is 6.18 Å². The van der Waals surface area contributed by atoms with Crippen LogP contribution in [0.1, 0.15) is 32.8 Å². The van der Waals surface area contributed by atoms with Gasteiger partial charge in [0.2, 0.25) is 0 Å². The zero-order valence-electron chi connectivity index (χ0n) is 10.7. The summed E-state index contributed by atoms with van der Waals surface area (Å²) in [6.45, 7) is 6.47. The Morgan fingerprint density at radius 1 is 1.11 bits per heavy atom. The number of hydrogen-bond donors (Lipinski definition) is 1. The highest BCUT2D eigenvalue weighted by molar-refractivity contribution is 5.48. The molecule has 5 heteroatoms. The molecule has 0 aromatic heterocycles. The Morgan fingerprint density at radius 3 is 2.22 bits per heavy atom. The first-order chi connectivity index (χ1) is 8.09. The lowest BCUT2D eigenvalue weighted by atomic mass is 9.92. The zero-order valence-corrected chi connectivity index (χ0v) is 10.7. The third-order valence-corrected chi connectivity index (χ3v) is 2.48. The fourth-order valence-corrected chi connectivity index (χ4v) is 1.41.